The molecule has 2 heteroatoms. The van der Waals surface area contributed by atoms with E-state index >= 15 is 0 Å². The minimum atomic E-state index is 0.0525. The molecule has 0 amide bonds. The number of fused-ring (bicyclic) bond motifs is 3. The molecule has 18 heavy (non-hydrogen) atoms. The van der Waals surface area contributed by atoms with E-state index in [0.717, 1.165) is 18.4 Å². The Balaban J connectivity index is 1.94. The van der Waals surface area contributed by atoms with E-state index in [0.29, 0.717) is 16.7 Å². The Bertz CT molecular complexity index is 319. The molecule has 0 radical (unpaired) electrons. The molecule has 0 unspecified atom stereocenters. The van der Waals surface area contributed by atoms with Crippen LogP contribution in [0.2, 0.25) is 0 Å². The molecule has 3 aliphatic rings. The summed E-state index contributed by atoms with van der Waals surface area (Å²) < 4.78 is 11.6. The third-order valence-electron chi connectivity index (χ3n) is 6.37. The second-order valence-electron chi connectivity index (χ2n) is 7.70. The monoisotopic (exact) mass is 252 g/mol. The van der Waals surface area contributed by atoms with Gasteiger partial charge in [0.1, 0.15) is 0 Å². The second kappa shape index (κ2) is 4.21. The van der Waals surface area contributed by atoms with Crippen LogP contribution in [0.4, 0.5) is 0 Å². The predicted molar refractivity (Wildman–Crippen MR) is 72.2 cm³/mol. The fourth-order valence-electron chi connectivity index (χ4n) is 5.64. The van der Waals surface area contributed by atoms with E-state index in [9.17, 15) is 0 Å². The molecule has 1 saturated heterocycles. The molecule has 2 nitrogen and oxygen atoms in total. The van der Waals surface area contributed by atoms with Crippen LogP contribution < -0.4 is 0 Å². The maximum absolute atomic E-state index is 5.91. The Morgan fingerprint density at radius 3 is 2.61 bits per heavy atom. The highest BCUT2D eigenvalue weighted by Crippen LogP contribution is 2.63. The quantitative estimate of drug-likeness (QED) is 0.706. The summed E-state index contributed by atoms with van der Waals surface area (Å²) in [6.45, 7) is 8.40. The van der Waals surface area contributed by atoms with E-state index in [1.165, 1.54) is 32.1 Å². The number of hydrogen-bond donors (Lipinski definition) is 0. The summed E-state index contributed by atoms with van der Waals surface area (Å²) in [5.41, 5.74) is 0.931. The molecular weight excluding hydrogens is 224 g/mol. The maximum Gasteiger partial charge on any atom is 0.160 e. The van der Waals surface area contributed by atoms with Crippen molar-refractivity contribution >= 4 is 0 Å². The molecular formula is C16H28O2. The molecule has 2 saturated carbocycles. The lowest BCUT2D eigenvalue weighted by molar-refractivity contribution is -0.171. The van der Waals surface area contributed by atoms with Gasteiger partial charge in [0.15, 0.2) is 6.29 Å². The van der Waals surface area contributed by atoms with Crippen LogP contribution in [0.3, 0.4) is 0 Å². The van der Waals surface area contributed by atoms with Crippen LogP contribution in [0, 0.1) is 28.6 Å². The minimum absolute atomic E-state index is 0.0525. The Morgan fingerprint density at radius 1 is 1.11 bits per heavy atom. The molecule has 0 N–H and O–H groups in total. The fourth-order valence-corrected chi connectivity index (χ4v) is 5.64. The summed E-state index contributed by atoms with van der Waals surface area (Å²) in [7, 11) is 1.81. The van der Waals surface area contributed by atoms with Crippen molar-refractivity contribution in [2.45, 2.75) is 59.2 Å². The zero-order chi connectivity index (χ0) is 13.0. The molecule has 5 atom stereocenters. The molecule has 0 aromatic carbocycles. The molecule has 104 valence electrons. The van der Waals surface area contributed by atoms with Crippen molar-refractivity contribution in [2.75, 3.05) is 13.7 Å². The lowest BCUT2D eigenvalue weighted by atomic mass is 9.47. The van der Waals surface area contributed by atoms with E-state index in [4.69, 9.17) is 9.47 Å². The Labute approximate surface area is 111 Å². The van der Waals surface area contributed by atoms with Gasteiger partial charge in [-0.15, -0.1) is 0 Å². The first kappa shape index (κ1) is 12.9. The van der Waals surface area contributed by atoms with Crippen molar-refractivity contribution in [1.29, 1.82) is 0 Å². The van der Waals surface area contributed by atoms with E-state index in [2.05, 4.69) is 20.8 Å². The van der Waals surface area contributed by atoms with Crippen molar-refractivity contribution in [3.05, 3.63) is 0 Å². The van der Waals surface area contributed by atoms with Gasteiger partial charge in [0.25, 0.3) is 0 Å². The summed E-state index contributed by atoms with van der Waals surface area (Å²) in [5, 5.41) is 0. The SMILES string of the molecule is CO[C@@H]1OC[C@H]2CC[C@H]3C(C)(C)CCC[C@]3(C)[C@H]21. The van der Waals surface area contributed by atoms with Crippen molar-refractivity contribution in [2.24, 2.45) is 28.6 Å². The summed E-state index contributed by atoms with van der Waals surface area (Å²) >= 11 is 0. The Kier molecular flexibility index (Phi) is 3.02. The van der Waals surface area contributed by atoms with Crippen LogP contribution in [0.15, 0.2) is 0 Å². The lowest BCUT2D eigenvalue weighted by Crippen LogP contribution is -2.53. The third-order valence-corrected chi connectivity index (χ3v) is 6.37. The first-order valence-corrected chi connectivity index (χ1v) is 7.63. The van der Waals surface area contributed by atoms with Crippen molar-refractivity contribution in [1.82, 2.24) is 0 Å². The van der Waals surface area contributed by atoms with Crippen LogP contribution in [0.25, 0.3) is 0 Å². The molecule has 0 bridgehead atoms. The zero-order valence-corrected chi connectivity index (χ0v) is 12.4. The standard InChI is InChI=1S/C16H28O2/c1-15(2)8-5-9-16(3)12(15)7-6-11-10-18-14(17-4)13(11)16/h11-14H,5-10H2,1-4H3/t11-,12+,13-,14-,16+/m1/s1. The van der Waals surface area contributed by atoms with Crippen molar-refractivity contribution in [3.63, 3.8) is 0 Å². The maximum atomic E-state index is 5.91. The summed E-state index contributed by atoms with van der Waals surface area (Å²) in [5.74, 6) is 2.21. The van der Waals surface area contributed by atoms with Gasteiger partial charge in [-0.2, -0.15) is 0 Å². The molecule has 1 heterocycles. The van der Waals surface area contributed by atoms with Crippen LogP contribution >= 0.6 is 0 Å². The van der Waals surface area contributed by atoms with E-state index in [-0.39, 0.29) is 6.29 Å². The van der Waals surface area contributed by atoms with Crippen LogP contribution in [-0.2, 0) is 9.47 Å². The third kappa shape index (κ3) is 1.68. The molecule has 0 aromatic rings. The average Bonchev–Trinajstić information content (AvgIpc) is 2.72. The highest BCUT2D eigenvalue weighted by Gasteiger charge is 2.59. The average molecular weight is 252 g/mol. The first-order valence-electron chi connectivity index (χ1n) is 7.63. The highest BCUT2D eigenvalue weighted by molar-refractivity contribution is 5.05. The molecule has 0 spiro atoms. The van der Waals surface area contributed by atoms with E-state index in [1.807, 2.05) is 7.11 Å². The topological polar surface area (TPSA) is 18.5 Å². The molecule has 2 aliphatic carbocycles. The molecule has 0 aromatic heterocycles. The summed E-state index contributed by atoms with van der Waals surface area (Å²) in [6.07, 6.45) is 6.92. The fraction of sp³-hybridized carbons (Fsp3) is 1.00. The lowest BCUT2D eigenvalue weighted by Gasteiger charge is -2.58. The van der Waals surface area contributed by atoms with Gasteiger partial charge in [-0.05, 0) is 48.3 Å². The van der Waals surface area contributed by atoms with Gasteiger partial charge in [0.05, 0.1) is 6.61 Å². The van der Waals surface area contributed by atoms with Crippen LogP contribution in [0.1, 0.15) is 52.9 Å². The number of methoxy groups -OCH3 is 1. The number of hydrogen-bond acceptors (Lipinski definition) is 2. The predicted octanol–water partition coefficient (Wildman–Crippen LogP) is 3.85. The second-order valence-corrected chi connectivity index (χ2v) is 7.70. The van der Waals surface area contributed by atoms with Gasteiger partial charge in [-0.1, -0.05) is 27.2 Å². The smallest absolute Gasteiger partial charge is 0.160 e. The van der Waals surface area contributed by atoms with Crippen LogP contribution in [-0.4, -0.2) is 20.0 Å². The molecule has 1 aliphatic heterocycles. The molecule has 3 rings (SSSR count). The number of ether oxygens (including phenoxy) is 2. The summed E-state index contributed by atoms with van der Waals surface area (Å²) in [4.78, 5) is 0. The Hall–Kier alpha value is -0.0800. The van der Waals surface area contributed by atoms with Gasteiger partial charge < -0.3 is 9.47 Å². The molecule has 3 fully saturated rings. The Morgan fingerprint density at radius 2 is 1.89 bits per heavy atom. The van der Waals surface area contributed by atoms with Gasteiger partial charge in [0, 0.05) is 13.0 Å². The van der Waals surface area contributed by atoms with Crippen LogP contribution in [0.5, 0.6) is 0 Å². The highest BCUT2D eigenvalue weighted by atomic mass is 16.7. The van der Waals surface area contributed by atoms with Crippen molar-refractivity contribution < 1.29 is 9.47 Å². The van der Waals surface area contributed by atoms with Gasteiger partial charge in [-0.3, -0.25) is 0 Å². The number of rotatable bonds is 1. The van der Waals surface area contributed by atoms with Gasteiger partial charge >= 0.3 is 0 Å². The minimum Gasteiger partial charge on any atom is -0.356 e. The summed E-state index contributed by atoms with van der Waals surface area (Å²) in [6, 6.07) is 0. The zero-order valence-electron chi connectivity index (χ0n) is 12.4. The largest absolute Gasteiger partial charge is 0.356 e. The van der Waals surface area contributed by atoms with Gasteiger partial charge in [-0.25, -0.2) is 0 Å². The van der Waals surface area contributed by atoms with E-state index < -0.39 is 0 Å². The van der Waals surface area contributed by atoms with Crippen molar-refractivity contribution in [3.8, 4) is 0 Å². The van der Waals surface area contributed by atoms with E-state index in [1.54, 1.807) is 0 Å². The van der Waals surface area contributed by atoms with Gasteiger partial charge in [0.2, 0.25) is 0 Å². The first-order chi connectivity index (χ1) is 8.49. The normalized spacial score (nSPS) is 50.7.